The Morgan fingerprint density at radius 2 is 1.84 bits per heavy atom. The largest absolute Gasteiger partial charge is 0.384 e. The van der Waals surface area contributed by atoms with Crippen molar-refractivity contribution in [2.24, 2.45) is 5.73 Å². The Morgan fingerprint density at radius 3 is 2.47 bits per heavy atom. The Kier molecular flexibility index (Phi) is 6.05. The summed E-state index contributed by atoms with van der Waals surface area (Å²) in [7, 11) is 0. The predicted octanol–water partition coefficient (Wildman–Crippen LogP) is 5.15. The minimum atomic E-state index is -0.422. The van der Waals surface area contributed by atoms with Crippen molar-refractivity contribution in [3.8, 4) is 6.07 Å². The molecule has 164 valence electrons. The van der Waals surface area contributed by atoms with Crippen LogP contribution in [-0.2, 0) is 4.79 Å². The van der Waals surface area contributed by atoms with Crippen molar-refractivity contribution >= 4 is 17.2 Å². The number of allylic oxidation sites excluding steroid dienone is 3. The van der Waals surface area contributed by atoms with Gasteiger partial charge in [-0.15, -0.1) is 0 Å². The predicted molar refractivity (Wildman–Crippen MR) is 129 cm³/mol. The van der Waals surface area contributed by atoms with Crippen LogP contribution in [-0.4, -0.2) is 18.9 Å². The summed E-state index contributed by atoms with van der Waals surface area (Å²) in [6.45, 7) is 8.14. The van der Waals surface area contributed by atoms with E-state index in [1.165, 1.54) is 0 Å². The molecule has 32 heavy (non-hydrogen) atoms. The van der Waals surface area contributed by atoms with Crippen molar-refractivity contribution in [3.05, 3.63) is 82.3 Å². The molecule has 0 amide bonds. The highest BCUT2D eigenvalue weighted by atomic mass is 16.1. The third-order valence-corrected chi connectivity index (χ3v) is 6.53. The molecule has 1 heterocycles. The minimum absolute atomic E-state index is 0.113. The molecular formula is C27H30N4O. The molecule has 5 nitrogen and oxygen atoms in total. The first-order valence-corrected chi connectivity index (χ1v) is 11.4. The van der Waals surface area contributed by atoms with E-state index >= 15 is 0 Å². The number of carbonyl (C=O) groups excluding carboxylic acids is 1. The first-order chi connectivity index (χ1) is 15.5. The second kappa shape index (κ2) is 8.92. The number of aryl methyl sites for hydroxylation is 1. The first-order valence-electron chi connectivity index (χ1n) is 11.4. The summed E-state index contributed by atoms with van der Waals surface area (Å²) < 4.78 is 0. The molecule has 2 aliphatic rings. The monoisotopic (exact) mass is 426 g/mol. The van der Waals surface area contributed by atoms with E-state index in [0.717, 1.165) is 59.7 Å². The van der Waals surface area contributed by atoms with Gasteiger partial charge >= 0.3 is 0 Å². The average Bonchev–Trinajstić information content (AvgIpc) is 2.80. The van der Waals surface area contributed by atoms with Crippen LogP contribution in [0.5, 0.6) is 0 Å². The van der Waals surface area contributed by atoms with Gasteiger partial charge in [0.15, 0.2) is 5.78 Å². The van der Waals surface area contributed by atoms with E-state index in [0.29, 0.717) is 17.8 Å². The van der Waals surface area contributed by atoms with Gasteiger partial charge in [-0.1, -0.05) is 24.3 Å². The molecule has 0 aromatic heterocycles. The maximum Gasteiger partial charge on any atom is 0.161 e. The number of hydrogen-bond donors (Lipinski definition) is 1. The molecule has 1 aliphatic heterocycles. The Hall–Kier alpha value is -3.52. The number of rotatable bonds is 5. The summed E-state index contributed by atoms with van der Waals surface area (Å²) >= 11 is 0. The normalized spacial score (nSPS) is 18.5. The van der Waals surface area contributed by atoms with Crippen LogP contribution < -0.4 is 15.5 Å². The van der Waals surface area contributed by atoms with E-state index in [1.54, 1.807) is 0 Å². The Morgan fingerprint density at radius 1 is 1.12 bits per heavy atom. The molecule has 1 aliphatic carbocycles. The molecule has 0 spiro atoms. The van der Waals surface area contributed by atoms with Crippen molar-refractivity contribution in [1.29, 1.82) is 5.26 Å². The Labute approximate surface area is 190 Å². The molecule has 2 aromatic carbocycles. The molecule has 0 unspecified atom stereocenters. The number of ketones is 1. The molecule has 0 fully saturated rings. The SMILES string of the molecule is CCN(CC)c1ccc([C@H]2C(C#N)=C(N)N(c3cccc(C)c3)C3=C2C(=O)CCC3)cc1. The van der Waals surface area contributed by atoms with Crippen molar-refractivity contribution in [2.45, 2.75) is 46.0 Å². The molecule has 2 aromatic rings. The molecule has 4 rings (SSSR count). The highest BCUT2D eigenvalue weighted by Gasteiger charge is 2.40. The summed E-state index contributed by atoms with van der Waals surface area (Å²) in [5.41, 5.74) is 12.8. The molecule has 0 bridgehead atoms. The van der Waals surface area contributed by atoms with E-state index in [1.807, 2.05) is 48.2 Å². The van der Waals surface area contributed by atoms with Crippen LogP contribution in [0, 0.1) is 18.3 Å². The van der Waals surface area contributed by atoms with Crippen LogP contribution in [0.3, 0.4) is 0 Å². The van der Waals surface area contributed by atoms with Gasteiger partial charge in [0.25, 0.3) is 0 Å². The van der Waals surface area contributed by atoms with Crippen LogP contribution in [0.15, 0.2) is 71.2 Å². The topological polar surface area (TPSA) is 73.4 Å². The van der Waals surface area contributed by atoms with Gasteiger partial charge in [-0.3, -0.25) is 9.69 Å². The fourth-order valence-corrected chi connectivity index (χ4v) is 4.95. The molecule has 0 saturated carbocycles. The third-order valence-electron chi connectivity index (χ3n) is 6.53. The van der Waals surface area contributed by atoms with Gasteiger partial charge in [0.1, 0.15) is 5.82 Å². The molecule has 0 radical (unpaired) electrons. The fourth-order valence-electron chi connectivity index (χ4n) is 4.95. The number of nitrogens with two attached hydrogens (primary N) is 1. The van der Waals surface area contributed by atoms with Crippen molar-refractivity contribution in [2.75, 3.05) is 22.9 Å². The average molecular weight is 427 g/mol. The van der Waals surface area contributed by atoms with E-state index < -0.39 is 5.92 Å². The standard InChI is InChI=1S/C27H30N4O/c1-4-30(5-2)20-14-12-19(13-15-20)25-22(17-28)27(29)31(21-9-6-8-18(3)16-21)23-10-7-11-24(32)26(23)25/h6,8-9,12-16,25H,4-5,7,10-11,29H2,1-3H3/t25-/m0/s1. The summed E-state index contributed by atoms with van der Waals surface area (Å²) in [4.78, 5) is 17.4. The summed E-state index contributed by atoms with van der Waals surface area (Å²) in [6.07, 6.45) is 2.07. The van der Waals surface area contributed by atoms with Gasteiger partial charge in [-0.25, -0.2) is 0 Å². The van der Waals surface area contributed by atoms with E-state index in [9.17, 15) is 10.1 Å². The lowest BCUT2D eigenvalue weighted by molar-refractivity contribution is -0.116. The van der Waals surface area contributed by atoms with Crippen LogP contribution in [0.1, 0.15) is 50.2 Å². The van der Waals surface area contributed by atoms with Crippen molar-refractivity contribution in [3.63, 3.8) is 0 Å². The number of hydrogen-bond acceptors (Lipinski definition) is 5. The number of Topliss-reactive ketones (excluding diaryl/α,β-unsaturated/α-hetero) is 1. The van der Waals surface area contributed by atoms with Gasteiger partial charge in [0, 0.05) is 42.2 Å². The lowest BCUT2D eigenvalue weighted by atomic mass is 9.75. The lowest BCUT2D eigenvalue weighted by Crippen LogP contribution is -2.38. The minimum Gasteiger partial charge on any atom is -0.384 e. The number of anilines is 2. The number of benzene rings is 2. The molecule has 0 saturated heterocycles. The Balaban J connectivity index is 1.87. The van der Waals surface area contributed by atoms with Crippen LogP contribution in [0.25, 0.3) is 0 Å². The molecule has 1 atom stereocenters. The van der Waals surface area contributed by atoms with Gasteiger partial charge in [0.05, 0.1) is 17.6 Å². The van der Waals surface area contributed by atoms with Crippen molar-refractivity contribution < 1.29 is 4.79 Å². The molecule has 2 N–H and O–H groups in total. The summed E-state index contributed by atoms with van der Waals surface area (Å²) in [6, 6.07) is 18.6. The zero-order chi connectivity index (χ0) is 22.8. The van der Waals surface area contributed by atoms with E-state index in [2.05, 4.69) is 36.9 Å². The number of nitrogens with zero attached hydrogens (tertiary/aromatic N) is 3. The van der Waals surface area contributed by atoms with Gasteiger partial charge < -0.3 is 10.6 Å². The van der Waals surface area contributed by atoms with Gasteiger partial charge in [-0.05, 0) is 69.0 Å². The molecule has 5 heteroatoms. The quantitative estimate of drug-likeness (QED) is 0.716. The number of carbonyl (C=O) groups is 1. The van der Waals surface area contributed by atoms with Gasteiger partial charge in [0.2, 0.25) is 0 Å². The maximum absolute atomic E-state index is 13.2. The second-order valence-corrected chi connectivity index (χ2v) is 8.42. The van der Waals surface area contributed by atoms with E-state index in [-0.39, 0.29) is 5.78 Å². The lowest BCUT2D eigenvalue weighted by Gasteiger charge is -2.39. The second-order valence-electron chi connectivity index (χ2n) is 8.42. The smallest absolute Gasteiger partial charge is 0.161 e. The zero-order valence-electron chi connectivity index (χ0n) is 19.1. The summed E-state index contributed by atoms with van der Waals surface area (Å²) in [5.74, 6) is 0.112. The zero-order valence-corrected chi connectivity index (χ0v) is 19.1. The maximum atomic E-state index is 13.2. The van der Waals surface area contributed by atoms with Crippen LogP contribution in [0.2, 0.25) is 0 Å². The highest BCUT2D eigenvalue weighted by Crippen LogP contribution is 2.46. The first kappa shape index (κ1) is 21.7. The molecular weight excluding hydrogens is 396 g/mol. The fraction of sp³-hybridized carbons (Fsp3) is 0.333. The van der Waals surface area contributed by atoms with Crippen LogP contribution in [0.4, 0.5) is 11.4 Å². The van der Waals surface area contributed by atoms with Crippen molar-refractivity contribution in [1.82, 2.24) is 0 Å². The van der Waals surface area contributed by atoms with E-state index in [4.69, 9.17) is 5.73 Å². The van der Waals surface area contributed by atoms with Gasteiger partial charge in [-0.2, -0.15) is 5.26 Å². The highest BCUT2D eigenvalue weighted by molar-refractivity contribution is 6.01. The van der Waals surface area contributed by atoms with Crippen LogP contribution >= 0.6 is 0 Å². The summed E-state index contributed by atoms with van der Waals surface area (Å²) in [5, 5.41) is 10.2. The Bertz CT molecular complexity index is 1130. The number of nitriles is 1. The third kappa shape index (κ3) is 3.67.